The average Bonchev–Trinajstić information content (AvgIpc) is 2.14. The van der Waals surface area contributed by atoms with Crippen LogP contribution in [0.4, 0.5) is 0 Å². The van der Waals surface area contributed by atoms with E-state index in [4.69, 9.17) is 4.74 Å². The standard InChI is InChI=1S/C10H19NO/c1-12-10-8-6-4-2-3-5-7-9-11-10/h2-9H2,1H3/b11-10+. The quantitative estimate of drug-likeness (QED) is 0.546. The topological polar surface area (TPSA) is 21.6 Å². The summed E-state index contributed by atoms with van der Waals surface area (Å²) >= 11 is 0. The molecule has 0 aromatic rings. The van der Waals surface area contributed by atoms with Gasteiger partial charge in [0.2, 0.25) is 0 Å². The molecule has 0 amide bonds. The highest BCUT2D eigenvalue weighted by Crippen LogP contribution is 2.10. The fraction of sp³-hybridized carbons (Fsp3) is 0.900. The Hall–Kier alpha value is -0.530. The van der Waals surface area contributed by atoms with Gasteiger partial charge in [-0.1, -0.05) is 25.7 Å². The number of ether oxygens (including phenoxy) is 1. The molecule has 1 heterocycles. The van der Waals surface area contributed by atoms with E-state index in [1.807, 2.05) is 0 Å². The molecule has 0 N–H and O–H groups in total. The summed E-state index contributed by atoms with van der Waals surface area (Å²) < 4.78 is 5.17. The lowest BCUT2D eigenvalue weighted by Crippen LogP contribution is -2.03. The first kappa shape index (κ1) is 9.56. The molecule has 2 nitrogen and oxygen atoms in total. The van der Waals surface area contributed by atoms with Gasteiger partial charge in [-0.2, -0.15) is 0 Å². The van der Waals surface area contributed by atoms with E-state index in [2.05, 4.69) is 4.99 Å². The number of hydrogen-bond acceptors (Lipinski definition) is 2. The van der Waals surface area contributed by atoms with Crippen LogP contribution >= 0.6 is 0 Å². The van der Waals surface area contributed by atoms with Gasteiger partial charge < -0.3 is 4.74 Å². The minimum atomic E-state index is 0.955. The second-order valence-electron chi connectivity index (χ2n) is 3.35. The van der Waals surface area contributed by atoms with Crippen LogP contribution in [0, 0.1) is 0 Å². The SMILES string of the molecule is CO/C1=N/CCCCCCCC1. The largest absolute Gasteiger partial charge is 0.484 e. The van der Waals surface area contributed by atoms with Gasteiger partial charge in [0.15, 0.2) is 5.90 Å². The number of rotatable bonds is 0. The molecule has 1 aliphatic rings. The van der Waals surface area contributed by atoms with Crippen molar-refractivity contribution in [3.8, 4) is 0 Å². The maximum absolute atomic E-state index is 5.17. The van der Waals surface area contributed by atoms with E-state index in [0.29, 0.717) is 0 Å². The molecule has 0 fully saturated rings. The van der Waals surface area contributed by atoms with Crippen LogP contribution < -0.4 is 0 Å². The fourth-order valence-electron chi connectivity index (χ4n) is 1.54. The first-order chi connectivity index (χ1) is 5.93. The summed E-state index contributed by atoms with van der Waals surface area (Å²) in [6.45, 7) is 0.961. The summed E-state index contributed by atoms with van der Waals surface area (Å²) in [7, 11) is 1.73. The van der Waals surface area contributed by atoms with Gasteiger partial charge in [-0.05, 0) is 12.8 Å². The number of hydrogen-bond donors (Lipinski definition) is 0. The highest BCUT2D eigenvalue weighted by molar-refractivity contribution is 5.75. The molecule has 0 aromatic carbocycles. The molecule has 1 rings (SSSR count). The van der Waals surface area contributed by atoms with Gasteiger partial charge in [0, 0.05) is 13.0 Å². The van der Waals surface area contributed by atoms with Crippen molar-refractivity contribution in [2.75, 3.05) is 13.7 Å². The summed E-state index contributed by atoms with van der Waals surface area (Å²) in [4.78, 5) is 4.40. The van der Waals surface area contributed by atoms with Crippen molar-refractivity contribution in [2.45, 2.75) is 44.9 Å². The average molecular weight is 169 g/mol. The number of nitrogens with zero attached hydrogens (tertiary/aromatic N) is 1. The van der Waals surface area contributed by atoms with Crippen molar-refractivity contribution >= 4 is 5.90 Å². The van der Waals surface area contributed by atoms with Crippen LogP contribution in [-0.2, 0) is 4.74 Å². The van der Waals surface area contributed by atoms with Crippen LogP contribution in [0.5, 0.6) is 0 Å². The monoisotopic (exact) mass is 169 g/mol. The van der Waals surface area contributed by atoms with Gasteiger partial charge in [-0.15, -0.1) is 0 Å². The van der Waals surface area contributed by atoms with Crippen molar-refractivity contribution in [3.63, 3.8) is 0 Å². The third-order valence-electron chi connectivity index (χ3n) is 2.32. The first-order valence-corrected chi connectivity index (χ1v) is 5.01. The summed E-state index contributed by atoms with van der Waals surface area (Å²) in [5.74, 6) is 0.955. The van der Waals surface area contributed by atoms with Gasteiger partial charge in [-0.3, -0.25) is 4.99 Å². The molecule has 0 radical (unpaired) electrons. The van der Waals surface area contributed by atoms with Crippen molar-refractivity contribution in [1.29, 1.82) is 0 Å². The lowest BCUT2D eigenvalue weighted by molar-refractivity contribution is 0.382. The molecule has 0 bridgehead atoms. The second kappa shape index (κ2) is 6.04. The minimum Gasteiger partial charge on any atom is -0.484 e. The molecule has 1 aliphatic heterocycles. The van der Waals surface area contributed by atoms with E-state index in [9.17, 15) is 0 Å². The Bertz CT molecular complexity index is 143. The Kier molecular flexibility index (Phi) is 4.81. The van der Waals surface area contributed by atoms with Crippen LogP contribution in [0.25, 0.3) is 0 Å². The molecule has 70 valence electrons. The zero-order valence-electron chi connectivity index (χ0n) is 8.01. The van der Waals surface area contributed by atoms with Gasteiger partial charge >= 0.3 is 0 Å². The summed E-state index contributed by atoms with van der Waals surface area (Å²) in [5.41, 5.74) is 0. The third kappa shape index (κ3) is 3.74. The molecule has 0 aliphatic carbocycles. The van der Waals surface area contributed by atoms with Crippen molar-refractivity contribution in [1.82, 2.24) is 0 Å². The molecular formula is C10H19NO. The van der Waals surface area contributed by atoms with Crippen LogP contribution in [0.1, 0.15) is 44.9 Å². The Balaban J connectivity index is 2.32. The highest BCUT2D eigenvalue weighted by atomic mass is 16.5. The van der Waals surface area contributed by atoms with Gasteiger partial charge in [-0.25, -0.2) is 0 Å². The Morgan fingerprint density at radius 2 is 1.67 bits per heavy atom. The third-order valence-corrected chi connectivity index (χ3v) is 2.32. The maximum atomic E-state index is 5.17. The lowest BCUT2D eigenvalue weighted by atomic mass is 10.1. The van der Waals surface area contributed by atoms with E-state index >= 15 is 0 Å². The minimum absolute atomic E-state index is 0.955. The van der Waals surface area contributed by atoms with E-state index in [0.717, 1.165) is 18.9 Å². The summed E-state index contributed by atoms with van der Waals surface area (Å²) in [6.07, 6.45) is 8.95. The van der Waals surface area contributed by atoms with Crippen LogP contribution in [-0.4, -0.2) is 19.6 Å². The van der Waals surface area contributed by atoms with Gasteiger partial charge in [0.25, 0.3) is 0 Å². The van der Waals surface area contributed by atoms with Crippen molar-refractivity contribution in [2.24, 2.45) is 4.99 Å². The first-order valence-electron chi connectivity index (χ1n) is 5.01. The maximum Gasteiger partial charge on any atom is 0.182 e. The molecule has 0 spiro atoms. The molecular weight excluding hydrogens is 150 g/mol. The molecule has 0 saturated heterocycles. The predicted octanol–water partition coefficient (Wildman–Crippen LogP) is 2.78. The molecule has 12 heavy (non-hydrogen) atoms. The predicted molar refractivity (Wildman–Crippen MR) is 51.6 cm³/mol. The molecule has 0 atom stereocenters. The number of methoxy groups -OCH3 is 1. The Morgan fingerprint density at radius 3 is 2.42 bits per heavy atom. The second-order valence-corrected chi connectivity index (χ2v) is 3.35. The molecule has 2 heteroatoms. The van der Waals surface area contributed by atoms with E-state index < -0.39 is 0 Å². The summed E-state index contributed by atoms with van der Waals surface area (Å²) in [5, 5.41) is 0. The van der Waals surface area contributed by atoms with Crippen LogP contribution in [0.15, 0.2) is 4.99 Å². The molecule has 0 aromatic heterocycles. The molecule has 0 saturated carbocycles. The zero-order valence-corrected chi connectivity index (χ0v) is 8.01. The summed E-state index contributed by atoms with van der Waals surface area (Å²) in [6, 6.07) is 0. The van der Waals surface area contributed by atoms with E-state index in [1.165, 1.54) is 38.5 Å². The Labute approximate surface area is 75.0 Å². The highest BCUT2D eigenvalue weighted by Gasteiger charge is 2.00. The van der Waals surface area contributed by atoms with Gasteiger partial charge in [0.05, 0.1) is 7.11 Å². The van der Waals surface area contributed by atoms with E-state index in [1.54, 1.807) is 7.11 Å². The zero-order chi connectivity index (χ0) is 8.65. The Morgan fingerprint density at radius 1 is 1.00 bits per heavy atom. The van der Waals surface area contributed by atoms with Crippen LogP contribution in [0.2, 0.25) is 0 Å². The van der Waals surface area contributed by atoms with Crippen LogP contribution in [0.3, 0.4) is 0 Å². The fourth-order valence-corrected chi connectivity index (χ4v) is 1.54. The normalized spacial score (nSPS) is 25.6. The number of aliphatic imine (C=N–C) groups is 1. The smallest absolute Gasteiger partial charge is 0.182 e. The van der Waals surface area contributed by atoms with Gasteiger partial charge in [0.1, 0.15) is 0 Å². The van der Waals surface area contributed by atoms with E-state index in [-0.39, 0.29) is 0 Å². The van der Waals surface area contributed by atoms with Crippen molar-refractivity contribution in [3.05, 3.63) is 0 Å². The van der Waals surface area contributed by atoms with Crippen molar-refractivity contribution < 1.29 is 4.74 Å². The lowest BCUT2D eigenvalue weighted by Gasteiger charge is -2.07. The molecule has 0 unspecified atom stereocenters.